The Bertz CT molecular complexity index is 701. The molecule has 0 saturated carbocycles. The summed E-state index contributed by atoms with van der Waals surface area (Å²) in [5.41, 5.74) is 1.99. The van der Waals surface area contributed by atoms with Crippen LogP contribution in [0.3, 0.4) is 0 Å². The number of rotatable bonds is 5. The lowest BCUT2D eigenvalue weighted by molar-refractivity contribution is 0.0949. The summed E-state index contributed by atoms with van der Waals surface area (Å²) in [6.07, 6.45) is 1.39. The van der Waals surface area contributed by atoms with Crippen molar-refractivity contribution in [2.75, 3.05) is 6.26 Å². The van der Waals surface area contributed by atoms with Crippen molar-refractivity contribution in [2.45, 2.75) is 13.5 Å². The van der Waals surface area contributed by atoms with Crippen molar-refractivity contribution >= 4 is 17.0 Å². The van der Waals surface area contributed by atoms with Crippen molar-refractivity contribution in [2.24, 2.45) is 0 Å². The van der Waals surface area contributed by atoms with Crippen molar-refractivity contribution < 1.29 is 17.6 Å². The summed E-state index contributed by atoms with van der Waals surface area (Å²) in [6.45, 7) is 2.12. The fourth-order valence-electron chi connectivity index (χ4n) is 1.89. The van der Waals surface area contributed by atoms with Crippen LogP contribution in [0.15, 0.2) is 42.5 Å². The van der Waals surface area contributed by atoms with E-state index in [-0.39, 0.29) is 24.0 Å². The molecule has 6 heteroatoms. The molecule has 0 aliphatic rings. The summed E-state index contributed by atoms with van der Waals surface area (Å²) in [5, 5.41) is 2.73. The second-order valence-electron chi connectivity index (χ2n) is 4.79. The molecule has 116 valence electrons. The van der Waals surface area contributed by atoms with Crippen LogP contribution in [0.1, 0.15) is 21.5 Å². The topological polar surface area (TPSA) is 55.4 Å². The molecule has 0 radical (unpaired) electrons. The average Bonchev–Trinajstić information content (AvgIpc) is 2.46. The second kappa shape index (κ2) is 7.17. The first-order valence-electron chi connectivity index (χ1n) is 6.61. The molecule has 1 unspecified atom stereocenters. The van der Waals surface area contributed by atoms with Gasteiger partial charge < -0.3 is 9.50 Å². The van der Waals surface area contributed by atoms with Gasteiger partial charge in [0.15, 0.2) is 5.75 Å². The van der Waals surface area contributed by atoms with Gasteiger partial charge in [0.25, 0.3) is 5.91 Å². The lowest BCUT2D eigenvalue weighted by Gasteiger charge is -2.10. The number of hydrogen-bond donors (Lipinski definition) is 1. The van der Waals surface area contributed by atoms with E-state index in [4.69, 9.17) is 4.18 Å². The van der Waals surface area contributed by atoms with E-state index in [2.05, 4.69) is 5.32 Å². The fourth-order valence-corrected chi connectivity index (χ4v) is 2.28. The zero-order chi connectivity index (χ0) is 16.1. The Balaban J connectivity index is 2.11. The third-order valence-corrected chi connectivity index (χ3v) is 3.37. The van der Waals surface area contributed by atoms with Gasteiger partial charge in [-0.05, 0) is 42.3 Å². The molecule has 0 saturated heterocycles. The largest absolute Gasteiger partial charge is 0.400 e. The predicted molar refractivity (Wildman–Crippen MR) is 83.4 cm³/mol. The molecule has 1 N–H and O–H groups in total. The van der Waals surface area contributed by atoms with Crippen LogP contribution in [0.2, 0.25) is 0 Å². The highest BCUT2D eigenvalue weighted by atomic mass is 32.2. The number of benzene rings is 2. The van der Waals surface area contributed by atoms with Gasteiger partial charge in [-0.1, -0.05) is 18.2 Å². The van der Waals surface area contributed by atoms with Gasteiger partial charge in [-0.3, -0.25) is 4.79 Å². The molecule has 0 spiro atoms. The highest BCUT2D eigenvalue weighted by molar-refractivity contribution is 7.79. The molecule has 4 nitrogen and oxygen atoms in total. The third-order valence-electron chi connectivity index (χ3n) is 2.96. The van der Waals surface area contributed by atoms with Gasteiger partial charge in [-0.2, -0.15) is 0 Å². The van der Waals surface area contributed by atoms with Gasteiger partial charge in [-0.25, -0.2) is 8.60 Å². The van der Waals surface area contributed by atoms with Crippen LogP contribution in [0, 0.1) is 12.7 Å². The Kier molecular flexibility index (Phi) is 5.27. The van der Waals surface area contributed by atoms with Crippen molar-refractivity contribution in [1.29, 1.82) is 0 Å². The van der Waals surface area contributed by atoms with Gasteiger partial charge in [0, 0.05) is 12.8 Å². The maximum absolute atomic E-state index is 12.8. The number of aryl methyl sites for hydroxylation is 1. The van der Waals surface area contributed by atoms with Gasteiger partial charge in [0.2, 0.25) is 11.1 Å². The first-order chi connectivity index (χ1) is 10.5. The van der Waals surface area contributed by atoms with E-state index < -0.39 is 11.1 Å². The molecular weight excluding hydrogens is 305 g/mol. The number of carbonyl (C=O) groups is 1. The van der Waals surface area contributed by atoms with E-state index in [0.29, 0.717) is 5.56 Å². The van der Waals surface area contributed by atoms with E-state index in [1.807, 2.05) is 6.92 Å². The number of carbonyl (C=O) groups excluding carboxylic acids is 1. The molecular formula is C16H16FNO3S. The van der Waals surface area contributed by atoms with Gasteiger partial charge in [0.1, 0.15) is 5.82 Å². The SMILES string of the molecule is Cc1ccc(C(=O)NCc2ccc(F)cc2)c(OS(C)=O)c1. The molecule has 1 amide bonds. The smallest absolute Gasteiger partial charge is 0.255 e. The standard InChI is InChI=1S/C16H16FNO3S/c1-11-3-8-14(15(9-11)21-22(2)20)16(19)18-10-12-4-6-13(17)7-5-12/h3-9H,10H2,1-2H3,(H,18,19). The molecule has 0 aromatic heterocycles. The van der Waals surface area contributed by atoms with Gasteiger partial charge >= 0.3 is 0 Å². The van der Waals surface area contributed by atoms with Crippen molar-refractivity contribution in [3.63, 3.8) is 0 Å². The normalized spacial score (nSPS) is 11.8. The van der Waals surface area contributed by atoms with E-state index >= 15 is 0 Å². The van der Waals surface area contributed by atoms with Crippen LogP contribution >= 0.6 is 0 Å². The van der Waals surface area contributed by atoms with Crippen LogP contribution in [0.25, 0.3) is 0 Å². The summed E-state index contributed by atoms with van der Waals surface area (Å²) in [5.74, 6) is -0.392. The number of halogens is 1. The molecule has 0 bridgehead atoms. The Labute approximate surface area is 131 Å². The van der Waals surface area contributed by atoms with Gasteiger partial charge in [-0.15, -0.1) is 0 Å². The maximum atomic E-state index is 12.8. The highest BCUT2D eigenvalue weighted by Crippen LogP contribution is 2.21. The summed E-state index contributed by atoms with van der Waals surface area (Å²) in [6, 6.07) is 10.9. The molecule has 0 heterocycles. The molecule has 2 aromatic carbocycles. The Hall–Kier alpha value is -2.21. The number of nitrogens with one attached hydrogen (secondary N) is 1. The average molecular weight is 321 g/mol. The number of hydrogen-bond acceptors (Lipinski definition) is 3. The maximum Gasteiger partial charge on any atom is 0.255 e. The quantitative estimate of drug-likeness (QED) is 0.921. The summed E-state index contributed by atoms with van der Waals surface area (Å²) >= 11 is -1.52. The third kappa shape index (κ3) is 4.39. The Morgan fingerprint density at radius 1 is 1.23 bits per heavy atom. The molecule has 0 fully saturated rings. The molecule has 0 aliphatic carbocycles. The lowest BCUT2D eigenvalue weighted by atomic mass is 10.1. The monoisotopic (exact) mass is 321 g/mol. The van der Waals surface area contributed by atoms with E-state index in [9.17, 15) is 13.4 Å². The highest BCUT2D eigenvalue weighted by Gasteiger charge is 2.14. The van der Waals surface area contributed by atoms with Crippen LogP contribution in [0.4, 0.5) is 4.39 Å². The molecule has 22 heavy (non-hydrogen) atoms. The summed E-state index contributed by atoms with van der Waals surface area (Å²) in [7, 11) is 0. The molecule has 1 atom stereocenters. The van der Waals surface area contributed by atoms with Crippen LogP contribution in [-0.2, 0) is 17.6 Å². The van der Waals surface area contributed by atoms with Crippen molar-refractivity contribution in [3.05, 3.63) is 65.0 Å². The van der Waals surface area contributed by atoms with E-state index in [1.54, 1.807) is 30.3 Å². The Morgan fingerprint density at radius 2 is 1.91 bits per heavy atom. The van der Waals surface area contributed by atoms with E-state index in [0.717, 1.165) is 11.1 Å². The zero-order valence-corrected chi connectivity index (χ0v) is 13.1. The number of amides is 1. The lowest BCUT2D eigenvalue weighted by Crippen LogP contribution is -2.23. The van der Waals surface area contributed by atoms with Crippen LogP contribution < -0.4 is 9.50 Å². The molecule has 0 aliphatic heterocycles. The summed E-state index contributed by atoms with van der Waals surface area (Å²) < 4.78 is 29.2. The first-order valence-corrected chi connectivity index (χ1v) is 8.09. The van der Waals surface area contributed by atoms with E-state index in [1.165, 1.54) is 18.4 Å². The summed E-state index contributed by atoms with van der Waals surface area (Å²) in [4.78, 5) is 12.2. The Morgan fingerprint density at radius 3 is 2.55 bits per heavy atom. The van der Waals surface area contributed by atoms with Crippen molar-refractivity contribution in [1.82, 2.24) is 5.32 Å². The minimum Gasteiger partial charge on any atom is -0.400 e. The van der Waals surface area contributed by atoms with Gasteiger partial charge in [0.05, 0.1) is 5.56 Å². The predicted octanol–water partition coefficient (Wildman–Crippen LogP) is 2.74. The fraction of sp³-hybridized carbons (Fsp3) is 0.188. The van der Waals surface area contributed by atoms with Crippen LogP contribution in [-0.4, -0.2) is 16.4 Å². The van der Waals surface area contributed by atoms with Crippen LogP contribution in [0.5, 0.6) is 5.75 Å². The molecule has 2 aromatic rings. The second-order valence-corrected chi connectivity index (χ2v) is 5.76. The minimum atomic E-state index is -1.52. The molecule has 2 rings (SSSR count). The first kappa shape index (κ1) is 16.2. The minimum absolute atomic E-state index is 0.266. The van der Waals surface area contributed by atoms with Crippen molar-refractivity contribution in [3.8, 4) is 5.75 Å². The zero-order valence-electron chi connectivity index (χ0n) is 12.3.